The fourth-order valence-electron chi connectivity index (χ4n) is 4.14. The molecule has 1 heterocycles. The van der Waals surface area contributed by atoms with Gasteiger partial charge in [0.2, 0.25) is 0 Å². The van der Waals surface area contributed by atoms with Gasteiger partial charge in [-0.25, -0.2) is 9.37 Å². The van der Waals surface area contributed by atoms with Crippen molar-refractivity contribution in [3.8, 4) is 5.75 Å². The van der Waals surface area contributed by atoms with Gasteiger partial charge in [0.05, 0.1) is 45.9 Å². The molecule has 1 aliphatic carbocycles. The number of rotatable bonds is 10. The summed E-state index contributed by atoms with van der Waals surface area (Å²) in [6.45, 7) is 17.4. The van der Waals surface area contributed by atoms with Gasteiger partial charge in [-0.2, -0.15) is 0 Å². The van der Waals surface area contributed by atoms with Crippen molar-refractivity contribution in [3.05, 3.63) is 64.5 Å². The monoisotopic (exact) mass is 488 g/mol. The average molecular weight is 489 g/mol. The zero-order valence-corrected chi connectivity index (χ0v) is 21.3. The molecule has 1 aromatic heterocycles. The Hall–Kier alpha value is -2.77. The molecule has 0 aliphatic heterocycles. The number of aliphatic hydroxyl groups is 1. The molecule has 0 radical (unpaired) electrons. The first-order chi connectivity index (χ1) is 16.0. The van der Waals surface area contributed by atoms with Crippen molar-refractivity contribution in [2.45, 2.75) is 65.0 Å². The molecule has 1 aromatic carbocycles. The number of halogens is 2. The van der Waals surface area contributed by atoms with Crippen LogP contribution in [0, 0.1) is 12.7 Å². The molecule has 34 heavy (non-hydrogen) atoms. The predicted molar refractivity (Wildman–Crippen MR) is 137 cm³/mol. The Balaban J connectivity index is 2.22. The number of nitrogens with zero attached hydrogens (tertiary/aromatic N) is 2. The lowest BCUT2D eigenvalue weighted by Crippen LogP contribution is -2.33. The number of ether oxygens (including phenoxy) is 1. The Kier molecular flexibility index (Phi) is 7.48. The predicted octanol–water partition coefficient (Wildman–Crippen LogP) is 5.43. The second-order valence-electron chi connectivity index (χ2n) is 9.18. The largest absolute Gasteiger partial charge is 0.490 e. The van der Waals surface area contributed by atoms with Crippen molar-refractivity contribution in [1.29, 1.82) is 0 Å². The normalized spacial score (nSPS) is 15.6. The summed E-state index contributed by atoms with van der Waals surface area (Å²) in [7, 11) is 0. The topological polar surface area (TPSA) is 85.3 Å². The number of aromatic nitrogens is 2. The second-order valence-corrected chi connectivity index (χ2v) is 9.58. The van der Waals surface area contributed by atoms with E-state index in [1.165, 1.54) is 0 Å². The number of allylic oxidation sites excluding steroid dienone is 1. The van der Waals surface area contributed by atoms with Crippen LogP contribution in [0.5, 0.6) is 5.75 Å². The average Bonchev–Trinajstić information content (AvgIpc) is 3.44. The van der Waals surface area contributed by atoms with Gasteiger partial charge in [0.1, 0.15) is 11.6 Å². The Bertz CT molecular complexity index is 1150. The highest BCUT2D eigenvalue weighted by molar-refractivity contribution is 6.31. The zero-order valence-electron chi connectivity index (χ0n) is 20.5. The third-order valence-electron chi connectivity index (χ3n) is 6.00. The highest BCUT2D eigenvalue weighted by Crippen LogP contribution is 2.44. The highest BCUT2D eigenvalue weighted by atomic mass is 35.5. The van der Waals surface area contributed by atoms with Gasteiger partial charge in [0.25, 0.3) is 0 Å². The third kappa shape index (κ3) is 4.86. The van der Waals surface area contributed by atoms with Crippen molar-refractivity contribution >= 4 is 29.2 Å². The summed E-state index contributed by atoms with van der Waals surface area (Å²) in [5.41, 5.74) is 8.56. The minimum Gasteiger partial charge on any atom is -0.490 e. The molecule has 6 nitrogen and oxygen atoms in total. The maximum atomic E-state index is 15.4. The number of nitrogens with two attached hydrogens (primary N) is 1. The molecular weight excluding hydrogens is 455 g/mol. The fourth-order valence-corrected chi connectivity index (χ4v) is 4.35. The molecule has 1 aliphatic rings. The fraction of sp³-hybridized carbons (Fsp3) is 0.423. The Labute approximate surface area is 206 Å². The van der Waals surface area contributed by atoms with E-state index >= 15 is 4.39 Å². The van der Waals surface area contributed by atoms with E-state index in [2.05, 4.69) is 18.5 Å². The molecule has 0 bridgehead atoms. The van der Waals surface area contributed by atoms with Crippen LogP contribution in [0.25, 0.3) is 17.6 Å². The van der Waals surface area contributed by atoms with Gasteiger partial charge in [-0.1, -0.05) is 37.8 Å². The number of aliphatic hydroxyl groups excluding tert-OH is 1. The van der Waals surface area contributed by atoms with E-state index in [0.717, 1.165) is 18.5 Å². The first kappa shape index (κ1) is 25.8. The van der Waals surface area contributed by atoms with E-state index in [4.69, 9.17) is 27.1 Å². The summed E-state index contributed by atoms with van der Waals surface area (Å²) in [5, 5.41) is 12.9. The van der Waals surface area contributed by atoms with Crippen LogP contribution >= 0.6 is 11.6 Å². The molecule has 8 heteroatoms. The smallest absolute Gasteiger partial charge is 0.154 e. The Morgan fingerprint density at radius 3 is 2.56 bits per heavy atom. The van der Waals surface area contributed by atoms with Crippen molar-refractivity contribution in [3.63, 3.8) is 0 Å². The van der Waals surface area contributed by atoms with Gasteiger partial charge < -0.3 is 25.5 Å². The number of hydrogen-bond acceptors (Lipinski definition) is 5. The second kappa shape index (κ2) is 9.84. The molecule has 1 unspecified atom stereocenters. The van der Waals surface area contributed by atoms with Gasteiger partial charge in [-0.15, -0.1) is 0 Å². The molecule has 0 spiro atoms. The van der Waals surface area contributed by atoms with Crippen LogP contribution in [-0.2, 0) is 0 Å². The van der Waals surface area contributed by atoms with Crippen LogP contribution in [0.3, 0.4) is 0 Å². The molecule has 1 fully saturated rings. The lowest BCUT2D eigenvalue weighted by molar-refractivity contribution is 0.235. The van der Waals surface area contributed by atoms with Gasteiger partial charge >= 0.3 is 0 Å². The van der Waals surface area contributed by atoms with Crippen molar-refractivity contribution < 1.29 is 14.2 Å². The first-order valence-electron chi connectivity index (χ1n) is 11.4. The number of imidazole rings is 1. The lowest BCUT2D eigenvalue weighted by atomic mass is 9.94. The van der Waals surface area contributed by atoms with Gasteiger partial charge in [-0.05, 0) is 46.6 Å². The minimum absolute atomic E-state index is 0.0472. The number of benzene rings is 1. The van der Waals surface area contributed by atoms with E-state index in [1.54, 1.807) is 6.07 Å². The standard InChI is InChI=1S/C26H34ClFN4O2/c1-8-11-32-23(16(5)29)18(7)30-25(32)15(4)19-12-20(27)22(28)21(24(19)34-14(2)3)17(6)31-26(13-33)9-10-26/h8,11-12,14-15,31,33H,5-6,9-10,13,29H2,1-4,7H3/b11-8-. The van der Waals surface area contributed by atoms with Crippen LogP contribution in [0.2, 0.25) is 5.02 Å². The molecule has 1 saturated carbocycles. The summed E-state index contributed by atoms with van der Waals surface area (Å²) in [5.74, 6) is 0.0705. The quantitative estimate of drug-likeness (QED) is 0.415. The molecule has 0 amide bonds. The van der Waals surface area contributed by atoms with E-state index in [0.29, 0.717) is 34.2 Å². The molecule has 0 saturated heterocycles. The third-order valence-corrected chi connectivity index (χ3v) is 6.27. The van der Waals surface area contributed by atoms with Gasteiger partial charge in [-0.3, -0.25) is 0 Å². The van der Waals surface area contributed by atoms with Crippen LogP contribution < -0.4 is 15.8 Å². The van der Waals surface area contributed by atoms with Crippen molar-refractivity contribution in [2.75, 3.05) is 6.61 Å². The molecule has 184 valence electrons. The number of aryl methyl sites for hydroxylation is 1. The highest BCUT2D eigenvalue weighted by Gasteiger charge is 2.43. The molecular formula is C26H34ClFN4O2. The maximum Gasteiger partial charge on any atom is 0.154 e. The van der Waals surface area contributed by atoms with E-state index in [9.17, 15) is 5.11 Å². The van der Waals surface area contributed by atoms with Crippen molar-refractivity contribution in [2.24, 2.45) is 5.73 Å². The zero-order chi connectivity index (χ0) is 25.4. The summed E-state index contributed by atoms with van der Waals surface area (Å²) in [6.07, 6.45) is 5.07. The Morgan fingerprint density at radius 2 is 2.06 bits per heavy atom. The summed E-state index contributed by atoms with van der Waals surface area (Å²) in [4.78, 5) is 4.76. The summed E-state index contributed by atoms with van der Waals surface area (Å²) >= 11 is 6.39. The van der Waals surface area contributed by atoms with Gasteiger partial charge in [0, 0.05) is 23.4 Å². The summed E-state index contributed by atoms with van der Waals surface area (Å²) in [6, 6.07) is 1.58. The molecule has 4 N–H and O–H groups in total. The van der Waals surface area contributed by atoms with E-state index in [-0.39, 0.29) is 29.2 Å². The SMILES string of the molecule is C=C(NC1(CO)CC1)c1c(F)c(Cl)cc(C(C)c2nc(C)c(C(=C)N)n2/C=C\C)c1OC(C)C. The van der Waals surface area contributed by atoms with E-state index < -0.39 is 11.4 Å². The van der Waals surface area contributed by atoms with E-state index in [1.807, 2.05) is 51.5 Å². The molecule has 3 rings (SSSR count). The molecule has 1 atom stereocenters. The molecule has 2 aromatic rings. The minimum atomic E-state index is -0.622. The van der Waals surface area contributed by atoms with Crippen LogP contribution in [0.1, 0.15) is 74.8 Å². The van der Waals surface area contributed by atoms with Gasteiger partial charge in [0.15, 0.2) is 5.82 Å². The summed E-state index contributed by atoms with van der Waals surface area (Å²) < 4.78 is 23.5. The van der Waals surface area contributed by atoms with Crippen LogP contribution in [0.15, 0.2) is 25.3 Å². The number of hydrogen-bond donors (Lipinski definition) is 3. The lowest BCUT2D eigenvalue weighted by Gasteiger charge is -2.26. The first-order valence-corrected chi connectivity index (χ1v) is 11.8. The number of nitrogens with one attached hydrogen (secondary N) is 1. The Morgan fingerprint density at radius 1 is 1.41 bits per heavy atom. The van der Waals surface area contributed by atoms with Crippen LogP contribution in [0.4, 0.5) is 4.39 Å². The van der Waals surface area contributed by atoms with Crippen LogP contribution in [-0.4, -0.2) is 32.9 Å². The maximum absolute atomic E-state index is 15.4. The van der Waals surface area contributed by atoms with Crippen molar-refractivity contribution in [1.82, 2.24) is 14.9 Å².